The summed E-state index contributed by atoms with van der Waals surface area (Å²) in [6, 6.07) is 15.6. The minimum atomic E-state index is -0.119. The second-order valence-electron chi connectivity index (χ2n) is 6.91. The van der Waals surface area contributed by atoms with E-state index in [0.717, 1.165) is 17.0 Å². The van der Waals surface area contributed by atoms with Crippen molar-refractivity contribution >= 4 is 23.4 Å². The molecule has 152 valence electrons. The predicted octanol–water partition coefficient (Wildman–Crippen LogP) is 3.45. The van der Waals surface area contributed by atoms with Crippen LogP contribution in [0, 0.1) is 0 Å². The number of aromatic nitrogens is 3. The number of methoxy groups -OCH3 is 1. The molecule has 3 N–H and O–H groups in total. The molecule has 0 aliphatic heterocycles. The summed E-state index contributed by atoms with van der Waals surface area (Å²) in [4.78, 5) is 12.2. The summed E-state index contributed by atoms with van der Waals surface area (Å²) in [7, 11) is 1.63. The number of nitrogens with two attached hydrogens (primary N) is 1. The summed E-state index contributed by atoms with van der Waals surface area (Å²) >= 11 is 1.25. The number of nitrogens with zero attached hydrogens (tertiary/aromatic N) is 3. The molecule has 1 aromatic heterocycles. The molecule has 0 atom stereocenters. The van der Waals surface area contributed by atoms with Gasteiger partial charge in [0.15, 0.2) is 5.82 Å². The predicted molar refractivity (Wildman–Crippen MR) is 116 cm³/mol. The van der Waals surface area contributed by atoms with E-state index in [1.54, 1.807) is 7.11 Å². The van der Waals surface area contributed by atoms with Crippen molar-refractivity contribution in [1.29, 1.82) is 0 Å². The Bertz CT molecular complexity index is 952. The fraction of sp³-hybridized carbons (Fsp3) is 0.286. The highest BCUT2D eigenvalue weighted by molar-refractivity contribution is 7.99. The number of hydrogen-bond donors (Lipinski definition) is 2. The Labute approximate surface area is 174 Å². The van der Waals surface area contributed by atoms with E-state index in [1.165, 1.54) is 22.0 Å². The lowest BCUT2D eigenvalue weighted by atomic mass is 10.0. The third kappa shape index (κ3) is 5.51. The molecule has 8 heteroatoms. The SMILES string of the molecule is COc1ccc(Cc2nnc(SCC(=O)Nc3ccc(C(C)C)cc3)n2N)cc1. The molecule has 0 bridgehead atoms. The molecular formula is C21H25N5O2S. The van der Waals surface area contributed by atoms with Crippen molar-refractivity contribution in [2.75, 3.05) is 24.0 Å². The summed E-state index contributed by atoms with van der Waals surface area (Å²) < 4.78 is 6.59. The zero-order valence-corrected chi connectivity index (χ0v) is 17.6. The zero-order valence-electron chi connectivity index (χ0n) is 16.8. The van der Waals surface area contributed by atoms with Crippen LogP contribution >= 0.6 is 11.8 Å². The lowest BCUT2D eigenvalue weighted by molar-refractivity contribution is -0.113. The topological polar surface area (TPSA) is 95.1 Å². The number of thioether (sulfide) groups is 1. The van der Waals surface area contributed by atoms with Gasteiger partial charge in [-0.05, 0) is 41.3 Å². The second kappa shape index (κ2) is 9.47. The molecule has 3 rings (SSSR count). The van der Waals surface area contributed by atoms with Crippen molar-refractivity contribution in [3.63, 3.8) is 0 Å². The molecule has 0 radical (unpaired) electrons. The third-order valence-corrected chi connectivity index (χ3v) is 5.39. The standard InChI is InChI=1S/C21H25N5O2S/c1-14(2)16-6-8-17(9-7-16)23-20(27)13-29-21-25-24-19(26(21)22)12-15-4-10-18(28-3)11-5-15/h4-11,14H,12-13,22H2,1-3H3,(H,23,27). The minimum absolute atomic E-state index is 0.119. The monoisotopic (exact) mass is 411 g/mol. The van der Waals surface area contributed by atoms with Gasteiger partial charge in [-0.1, -0.05) is 49.9 Å². The van der Waals surface area contributed by atoms with Crippen LogP contribution in [0.2, 0.25) is 0 Å². The van der Waals surface area contributed by atoms with Crippen LogP contribution in [0.4, 0.5) is 5.69 Å². The van der Waals surface area contributed by atoms with E-state index in [2.05, 4.69) is 29.4 Å². The number of nitrogens with one attached hydrogen (secondary N) is 1. The molecule has 2 aromatic carbocycles. The van der Waals surface area contributed by atoms with Gasteiger partial charge in [-0.25, -0.2) is 4.68 Å². The Morgan fingerprint density at radius 2 is 1.83 bits per heavy atom. The summed E-state index contributed by atoms with van der Waals surface area (Å²) in [5.41, 5.74) is 3.05. The van der Waals surface area contributed by atoms with Gasteiger partial charge in [-0.2, -0.15) is 0 Å². The van der Waals surface area contributed by atoms with E-state index in [9.17, 15) is 4.79 Å². The first-order valence-electron chi connectivity index (χ1n) is 9.31. The zero-order chi connectivity index (χ0) is 20.8. The second-order valence-corrected chi connectivity index (χ2v) is 7.85. The number of rotatable bonds is 8. The highest BCUT2D eigenvalue weighted by Crippen LogP contribution is 2.20. The van der Waals surface area contributed by atoms with E-state index < -0.39 is 0 Å². The molecule has 3 aromatic rings. The Balaban J connectivity index is 1.54. The van der Waals surface area contributed by atoms with Gasteiger partial charge >= 0.3 is 0 Å². The lowest BCUT2D eigenvalue weighted by Gasteiger charge is -2.08. The number of ether oxygens (including phenoxy) is 1. The molecule has 1 amide bonds. The van der Waals surface area contributed by atoms with Crippen molar-refractivity contribution in [3.8, 4) is 5.75 Å². The first-order valence-corrected chi connectivity index (χ1v) is 10.3. The average molecular weight is 412 g/mol. The van der Waals surface area contributed by atoms with Gasteiger partial charge in [0.25, 0.3) is 0 Å². The fourth-order valence-electron chi connectivity index (χ4n) is 2.73. The minimum Gasteiger partial charge on any atom is -0.497 e. The van der Waals surface area contributed by atoms with Gasteiger partial charge in [0.05, 0.1) is 12.9 Å². The third-order valence-electron chi connectivity index (χ3n) is 4.45. The van der Waals surface area contributed by atoms with Gasteiger partial charge in [0.2, 0.25) is 11.1 Å². The lowest BCUT2D eigenvalue weighted by Crippen LogP contribution is -2.17. The van der Waals surface area contributed by atoms with Gasteiger partial charge in [0, 0.05) is 12.1 Å². The number of anilines is 1. The van der Waals surface area contributed by atoms with Crippen LogP contribution in [0.15, 0.2) is 53.7 Å². The number of carbonyl (C=O) groups excluding carboxylic acids is 1. The van der Waals surface area contributed by atoms with Crippen LogP contribution in [0.1, 0.15) is 36.7 Å². The fourth-order valence-corrected chi connectivity index (χ4v) is 3.41. The number of nitrogen functional groups attached to an aromatic ring is 1. The number of benzene rings is 2. The molecule has 7 nitrogen and oxygen atoms in total. The van der Waals surface area contributed by atoms with Crippen molar-refractivity contribution in [1.82, 2.24) is 14.9 Å². The van der Waals surface area contributed by atoms with Gasteiger partial charge in [0.1, 0.15) is 5.75 Å². The Morgan fingerprint density at radius 1 is 1.14 bits per heavy atom. The van der Waals surface area contributed by atoms with Crippen molar-refractivity contribution in [2.45, 2.75) is 31.3 Å². The normalized spacial score (nSPS) is 10.9. The maximum Gasteiger partial charge on any atom is 0.234 e. The summed E-state index contributed by atoms with van der Waals surface area (Å²) in [6.07, 6.45) is 0.544. The molecule has 0 saturated heterocycles. The number of carbonyl (C=O) groups is 1. The Morgan fingerprint density at radius 3 is 2.45 bits per heavy atom. The van der Waals surface area contributed by atoms with E-state index >= 15 is 0 Å². The molecule has 0 unspecified atom stereocenters. The van der Waals surface area contributed by atoms with E-state index in [1.807, 2.05) is 48.5 Å². The summed E-state index contributed by atoms with van der Waals surface area (Å²) in [5.74, 6) is 8.06. The van der Waals surface area contributed by atoms with E-state index in [4.69, 9.17) is 10.6 Å². The number of hydrogen-bond acceptors (Lipinski definition) is 6. The molecule has 29 heavy (non-hydrogen) atoms. The van der Waals surface area contributed by atoms with Crippen LogP contribution in [-0.2, 0) is 11.2 Å². The quantitative estimate of drug-likeness (QED) is 0.435. The molecule has 0 saturated carbocycles. The summed E-state index contributed by atoms with van der Waals surface area (Å²) in [5, 5.41) is 11.6. The van der Waals surface area contributed by atoms with Crippen LogP contribution in [0.25, 0.3) is 0 Å². The van der Waals surface area contributed by atoms with Gasteiger partial charge in [-0.3, -0.25) is 4.79 Å². The molecule has 1 heterocycles. The first kappa shape index (κ1) is 20.7. The maximum absolute atomic E-state index is 12.2. The first-order chi connectivity index (χ1) is 14.0. The van der Waals surface area contributed by atoms with Crippen molar-refractivity contribution in [2.24, 2.45) is 0 Å². The highest BCUT2D eigenvalue weighted by Gasteiger charge is 2.13. The number of amides is 1. The highest BCUT2D eigenvalue weighted by atomic mass is 32.2. The van der Waals surface area contributed by atoms with Crippen LogP contribution in [0.3, 0.4) is 0 Å². The molecule has 0 spiro atoms. The smallest absolute Gasteiger partial charge is 0.234 e. The average Bonchev–Trinajstić information content (AvgIpc) is 3.07. The van der Waals surface area contributed by atoms with Crippen LogP contribution < -0.4 is 15.9 Å². The molecule has 0 aliphatic carbocycles. The summed E-state index contributed by atoms with van der Waals surface area (Å²) in [6.45, 7) is 4.27. The largest absolute Gasteiger partial charge is 0.497 e. The van der Waals surface area contributed by atoms with E-state index in [-0.39, 0.29) is 11.7 Å². The van der Waals surface area contributed by atoms with Crippen molar-refractivity contribution in [3.05, 3.63) is 65.5 Å². The van der Waals surface area contributed by atoms with Crippen LogP contribution in [0.5, 0.6) is 5.75 Å². The van der Waals surface area contributed by atoms with Gasteiger partial charge < -0.3 is 15.9 Å². The Kier molecular flexibility index (Phi) is 6.77. The molecule has 0 aliphatic rings. The molecular weight excluding hydrogens is 386 g/mol. The van der Waals surface area contributed by atoms with Gasteiger partial charge in [-0.15, -0.1) is 10.2 Å². The maximum atomic E-state index is 12.2. The van der Waals surface area contributed by atoms with E-state index in [0.29, 0.717) is 23.3 Å². The Hall–Kier alpha value is -3.00. The molecule has 0 fully saturated rings. The van der Waals surface area contributed by atoms with Crippen LogP contribution in [-0.4, -0.2) is 33.6 Å². The van der Waals surface area contributed by atoms with Crippen molar-refractivity contribution < 1.29 is 9.53 Å².